The van der Waals surface area contributed by atoms with Crippen molar-refractivity contribution in [1.82, 2.24) is 0 Å². The number of benzene rings is 3. The third kappa shape index (κ3) is 4.41. The van der Waals surface area contributed by atoms with Gasteiger partial charge in [-0.25, -0.2) is 4.79 Å². The van der Waals surface area contributed by atoms with Crippen LogP contribution in [0.3, 0.4) is 0 Å². The Kier molecular flexibility index (Phi) is 6.12. The Morgan fingerprint density at radius 3 is 2.46 bits per heavy atom. The standard InChI is InChI=1S/C22H18Cl2O4/c1-13-20(28-12-21(26)27)11-18(23)17(22(13)24)10-14-7-8-19(25)16(9-14)15-5-3-2-4-6-15/h2-9,11,25H,10,12H2,1H3,(H,26,27). The summed E-state index contributed by atoms with van der Waals surface area (Å²) in [6.07, 6.45) is 0.456. The highest BCUT2D eigenvalue weighted by Crippen LogP contribution is 2.37. The largest absolute Gasteiger partial charge is 0.507 e. The molecule has 2 N–H and O–H groups in total. The number of halogens is 2. The molecule has 0 fully saturated rings. The van der Waals surface area contributed by atoms with Gasteiger partial charge in [-0.1, -0.05) is 59.6 Å². The van der Waals surface area contributed by atoms with Gasteiger partial charge in [-0.3, -0.25) is 0 Å². The van der Waals surface area contributed by atoms with Crippen LogP contribution in [0.4, 0.5) is 0 Å². The molecular formula is C22H18Cl2O4. The van der Waals surface area contributed by atoms with Gasteiger partial charge in [0.1, 0.15) is 11.5 Å². The number of phenols is 1. The van der Waals surface area contributed by atoms with Crippen molar-refractivity contribution < 1.29 is 19.7 Å². The Bertz CT molecular complexity index is 1020. The molecule has 6 heteroatoms. The third-order valence-corrected chi connectivity index (χ3v) is 5.24. The summed E-state index contributed by atoms with van der Waals surface area (Å²) in [6.45, 7) is 1.29. The second kappa shape index (κ2) is 8.55. The van der Waals surface area contributed by atoms with E-state index in [1.807, 2.05) is 42.5 Å². The molecule has 0 saturated carbocycles. The number of hydrogen-bond acceptors (Lipinski definition) is 3. The molecule has 0 spiro atoms. The number of ether oxygens (including phenoxy) is 1. The van der Waals surface area contributed by atoms with Gasteiger partial charge in [0.05, 0.1) is 5.02 Å². The average Bonchev–Trinajstić information content (AvgIpc) is 2.68. The summed E-state index contributed by atoms with van der Waals surface area (Å²) in [5.74, 6) is -0.536. The zero-order valence-electron chi connectivity index (χ0n) is 15.1. The maximum Gasteiger partial charge on any atom is 0.341 e. The molecule has 0 saturated heterocycles. The average molecular weight is 417 g/mol. The quantitative estimate of drug-likeness (QED) is 0.538. The van der Waals surface area contributed by atoms with Crippen molar-refractivity contribution in [3.05, 3.63) is 81.3 Å². The maximum absolute atomic E-state index is 10.7. The fourth-order valence-corrected chi connectivity index (χ4v) is 3.52. The first-order chi connectivity index (χ1) is 13.4. The van der Waals surface area contributed by atoms with E-state index in [9.17, 15) is 9.90 Å². The second-order valence-corrected chi connectivity index (χ2v) is 7.14. The van der Waals surface area contributed by atoms with E-state index in [2.05, 4.69) is 0 Å². The number of aromatic hydroxyl groups is 1. The second-order valence-electron chi connectivity index (χ2n) is 6.35. The molecule has 0 bridgehead atoms. The summed E-state index contributed by atoms with van der Waals surface area (Å²) in [5.41, 5.74) is 3.91. The van der Waals surface area contributed by atoms with Crippen LogP contribution in [-0.2, 0) is 11.2 Å². The van der Waals surface area contributed by atoms with Crippen molar-refractivity contribution in [2.24, 2.45) is 0 Å². The fraction of sp³-hybridized carbons (Fsp3) is 0.136. The Morgan fingerprint density at radius 2 is 1.79 bits per heavy atom. The van der Waals surface area contributed by atoms with Crippen LogP contribution in [0.15, 0.2) is 54.6 Å². The van der Waals surface area contributed by atoms with Gasteiger partial charge < -0.3 is 14.9 Å². The van der Waals surface area contributed by atoms with Gasteiger partial charge in [0.15, 0.2) is 6.61 Å². The smallest absolute Gasteiger partial charge is 0.341 e. The first-order valence-electron chi connectivity index (χ1n) is 8.56. The normalized spacial score (nSPS) is 10.7. The molecule has 3 rings (SSSR count). The predicted molar refractivity (Wildman–Crippen MR) is 111 cm³/mol. The maximum atomic E-state index is 10.7. The summed E-state index contributed by atoms with van der Waals surface area (Å²) < 4.78 is 5.26. The lowest BCUT2D eigenvalue weighted by Crippen LogP contribution is -2.10. The topological polar surface area (TPSA) is 66.8 Å². The van der Waals surface area contributed by atoms with Gasteiger partial charge in [0.25, 0.3) is 0 Å². The summed E-state index contributed by atoms with van der Waals surface area (Å²) >= 11 is 12.9. The van der Waals surface area contributed by atoms with Crippen LogP contribution in [0, 0.1) is 6.92 Å². The number of carboxylic acid groups (broad SMARTS) is 1. The molecule has 144 valence electrons. The highest BCUT2D eigenvalue weighted by atomic mass is 35.5. The zero-order valence-corrected chi connectivity index (χ0v) is 16.6. The lowest BCUT2D eigenvalue weighted by Gasteiger charge is -2.15. The molecule has 0 aromatic heterocycles. The molecule has 0 aliphatic rings. The number of carbonyl (C=O) groups is 1. The number of carboxylic acids is 1. The van der Waals surface area contributed by atoms with E-state index in [-0.39, 0.29) is 5.75 Å². The summed E-state index contributed by atoms with van der Waals surface area (Å²) in [5, 5.41) is 19.8. The molecule has 0 amide bonds. The number of aliphatic carboxylic acids is 1. The Labute approximate surface area is 172 Å². The molecule has 0 heterocycles. The number of phenolic OH excluding ortho intramolecular Hbond substituents is 1. The molecule has 0 radical (unpaired) electrons. The van der Waals surface area contributed by atoms with Crippen LogP contribution in [0.1, 0.15) is 16.7 Å². The molecule has 4 nitrogen and oxygen atoms in total. The molecule has 28 heavy (non-hydrogen) atoms. The zero-order chi connectivity index (χ0) is 20.3. The van der Waals surface area contributed by atoms with Crippen LogP contribution < -0.4 is 4.74 Å². The van der Waals surface area contributed by atoms with Gasteiger partial charge in [-0.05, 0) is 41.8 Å². The minimum absolute atomic E-state index is 0.195. The van der Waals surface area contributed by atoms with E-state index in [1.165, 1.54) is 0 Å². The van der Waals surface area contributed by atoms with Crippen molar-refractivity contribution in [3.63, 3.8) is 0 Å². The first-order valence-corrected chi connectivity index (χ1v) is 9.31. The van der Waals surface area contributed by atoms with Gasteiger partial charge in [-0.2, -0.15) is 0 Å². The van der Waals surface area contributed by atoms with Crippen LogP contribution in [0.25, 0.3) is 11.1 Å². The lowest BCUT2D eigenvalue weighted by atomic mass is 9.97. The Morgan fingerprint density at radius 1 is 1.07 bits per heavy atom. The van der Waals surface area contributed by atoms with E-state index >= 15 is 0 Å². The number of rotatable bonds is 6. The van der Waals surface area contributed by atoms with Crippen molar-refractivity contribution >= 4 is 29.2 Å². The number of hydrogen-bond donors (Lipinski definition) is 2. The van der Waals surface area contributed by atoms with Crippen LogP contribution >= 0.6 is 23.2 Å². The lowest BCUT2D eigenvalue weighted by molar-refractivity contribution is -0.139. The van der Waals surface area contributed by atoms with Crippen molar-refractivity contribution in [2.45, 2.75) is 13.3 Å². The van der Waals surface area contributed by atoms with Crippen molar-refractivity contribution in [2.75, 3.05) is 6.61 Å². The van der Waals surface area contributed by atoms with Crippen LogP contribution in [0.5, 0.6) is 11.5 Å². The van der Waals surface area contributed by atoms with Crippen molar-refractivity contribution in [1.29, 1.82) is 0 Å². The molecule has 3 aromatic rings. The Balaban J connectivity index is 1.94. The minimum Gasteiger partial charge on any atom is -0.507 e. The summed E-state index contributed by atoms with van der Waals surface area (Å²) in [4.78, 5) is 10.7. The highest BCUT2D eigenvalue weighted by Gasteiger charge is 2.16. The van der Waals surface area contributed by atoms with E-state index in [4.69, 9.17) is 33.0 Å². The van der Waals surface area contributed by atoms with Gasteiger partial charge in [0, 0.05) is 22.6 Å². The fourth-order valence-electron chi connectivity index (χ4n) is 2.95. The van der Waals surface area contributed by atoms with E-state index in [0.717, 1.165) is 16.7 Å². The van der Waals surface area contributed by atoms with Gasteiger partial charge in [-0.15, -0.1) is 0 Å². The van der Waals surface area contributed by atoms with E-state index in [0.29, 0.717) is 33.3 Å². The predicted octanol–water partition coefficient (Wildman–Crippen LogP) is 5.73. The molecule has 0 aliphatic carbocycles. The first kappa shape index (κ1) is 20.1. The monoisotopic (exact) mass is 416 g/mol. The molecular weight excluding hydrogens is 399 g/mol. The van der Waals surface area contributed by atoms with Gasteiger partial charge in [0.2, 0.25) is 0 Å². The van der Waals surface area contributed by atoms with Crippen molar-refractivity contribution in [3.8, 4) is 22.6 Å². The summed E-state index contributed by atoms with van der Waals surface area (Å²) in [6, 6.07) is 16.6. The van der Waals surface area contributed by atoms with Crippen LogP contribution in [0.2, 0.25) is 10.0 Å². The van der Waals surface area contributed by atoms with E-state index in [1.54, 1.807) is 19.1 Å². The molecule has 3 aromatic carbocycles. The summed E-state index contributed by atoms with van der Waals surface area (Å²) in [7, 11) is 0. The Hall–Kier alpha value is -2.69. The van der Waals surface area contributed by atoms with E-state index < -0.39 is 12.6 Å². The SMILES string of the molecule is Cc1c(OCC(=O)O)cc(Cl)c(Cc2ccc(O)c(-c3ccccc3)c2)c1Cl. The molecule has 0 unspecified atom stereocenters. The molecule has 0 aliphatic heterocycles. The van der Waals surface area contributed by atoms with Gasteiger partial charge >= 0.3 is 5.97 Å². The minimum atomic E-state index is -1.08. The highest BCUT2D eigenvalue weighted by molar-refractivity contribution is 6.36. The molecule has 0 atom stereocenters. The third-order valence-electron chi connectivity index (χ3n) is 4.39. The van der Waals surface area contributed by atoms with Crippen LogP contribution in [-0.4, -0.2) is 22.8 Å².